The van der Waals surface area contributed by atoms with E-state index >= 15 is 0 Å². The third-order valence-corrected chi connectivity index (χ3v) is 5.64. The Morgan fingerprint density at radius 2 is 2.12 bits per heavy atom. The van der Waals surface area contributed by atoms with Gasteiger partial charge in [0.15, 0.2) is 0 Å². The number of ether oxygens (including phenoxy) is 2. The van der Waals surface area contributed by atoms with Gasteiger partial charge in [0.25, 0.3) is 5.91 Å². The minimum Gasteiger partial charge on any atom is -0.496 e. The Morgan fingerprint density at radius 3 is 2.88 bits per heavy atom. The molecule has 130 valence electrons. The molecule has 3 aliphatic rings. The van der Waals surface area contributed by atoms with E-state index in [0.29, 0.717) is 41.6 Å². The Morgan fingerprint density at radius 1 is 1.29 bits per heavy atom. The fraction of sp³-hybridized carbons (Fsp3) is 0.611. The molecule has 1 aromatic carbocycles. The number of benzene rings is 1. The van der Waals surface area contributed by atoms with Crippen molar-refractivity contribution in [2.24, 2.45) is 5.92 Å². The number of nitrogens with zero attached hydrogens (tertiary/aromatic N) is 2. The Balaban J connectivity index is 1.49. The number of hydrogen-bond donors (Lipinski definition) is 0. The lowest BCUT2D eigenvalue weighted by Crippen LogP contribution is -2.63. The highest BCUT2D eigenvalue weighted by Crippen LogP contribution is 2.38. The predicted molar refractivity (Wildman–Crippen MR) is 91.7 cm³/mol. The smallest absolute Gasteiger partial charge is 0.257 e. The quantitative estimate of drug-likeness (QED) is 0.838. The van der Waals surface area contributed by atoms with E-state index in [9.17, 15) is 4.79 Å². The van der Waals surface area contributed by atoms with Crippen LogP contribution in [0.15, 0.2) is 18.2 Å². The zero-order valence-electron chi connectivity index (χ0n) is 13.9. The van der Waals surface area contributed by atoms with Crippen molar-refractivity contribution in [1.82, 2.24) is 9.80 Å². The summed E-state index contributed by atoms with van der Waals surface area (Å²) in [5.41, 5.74) is 0.575. The Labute approximate surface area is 147 Å². The molecule has 0 spiro atoms. The van der Waals surface area contributed by atoms with Crippen LogP contribution in [0.1, 0.15) is 23.2 Å². The van der Waals surface area contributed by atoms with Crippen LogP contribution in [0.3, 0.4) is 0 Å². The molecule has 1 saturated carbocycles. The first-order chi connectivity index (χ1) is 11.7. The Bertz CT molecular complexity index is 635. The minimum absolute atomic E-state index is 0.0108. The first kappa shape index (κ1) is 16.2. The number of piperazine rings is 1. The van der Waals surface area contributed by atoms with Crippen molar-refractivity contribution < 1.29 is 14.3 Å². The number of methoxy groups -OCH3 is 1. The average Bonchev–Trinajstić information content (AvgIpc) is 3.45. The first-order valence-corrected chi connectivity index (χ1v) is 9.01. The van der Waals surface area contributed by atoms with Gasteiger partial charge in [-0.15, -0.1) is 0 Å². The molecule has 24 heavy (non-hydrogen) atoms. The monoisotopic (exact) mass is 350 g/mol. The second kappa shape index (κ2) is 6.54. The van der Waals surface area contributed by atoms with Gasteiger partial charge >= 0.3 is 0 Å². The summed E-state index contributed by atoms with van der Waals surface area (Å²) < 4.78 is 11.2. The van der Waals surface area contributed by atoms with Crippen LogP contribution in [0.4, 0.5) is 0 Å². The van der Waals surface area contributed by atoms with Crippen LogP contribution in [0.5, 0.6) is 5.75 Å². The van der Waals surface area contributed by atoms with Gasteiger partial charge in [-0.2, -0.15) is 0 Å². The molecule has 1 amide bonds. The van der Waals surface area contributed by atoms with Crippen LogP contribution >= 0.6 is 11.6 Å². The molecule has 6 heteroatoms. The normalized spacial score (nSPS) is 27.7. The zero-order chi connectivity index (χ0) is 16.7. The SMILES string of the molecule is COc1cc(Cl)ccc1C(=O)N1CCN2[C@@H](COC[C@@H]2C2CC2)C1. The van der Waals surface area contributed by atoms with E-state index in [0.717, 1.165) is 25.6 Å². The number of amides is 1. The highest BCUT2D eigenvalue weighted by molar-refractivity contribution is 6.30. The van der Waals surface area contributed by atoms with E-state index in [2.05, 4.69) is 4.90 Å². The van der Waals surface area contributed by atoms with Crippen LogP contribution in [-0.2, 0) is 4.74 Å². The van der Waals surface area contributed by atoms with Gasteiger partial charge in [-0.3, -0.25) is 9.69 Å². The summed E-state index contributed by atoms with van der Waals surface area (Å²) in [7, 11) is 1.57. The van der Waals surface area contributed by atoms with Crippen molar-refractivity contribution in [2.45, 2.75) is 24.9 Å². The number of rotatable bonds is 3. The van der Waals surface area contributed by atoms with Crippen molar-refractivity contribution in [2.75, 3.05) is 40.0 Å². The van der Waals surface area contributed by atoms with E-state index in [-0.39, 0.29) is 5.91 Å². The second-order valence-corrected chi connectivity index (χ2v) is 7.37. The molecule has 1 aromatic rings. The van der Waals surface area contributed by atoms with E-state index < -0.39 is 0 Å². The maximum absolute atomic E-state index is 12.9. The van der Waals surface area contributed by atoms with Crippen molar-refractivity contribution in [1.29, 1.82) is 0 Å². The number of hydrogen-bond acceptors (Lipinski definition) is 4. The fourth-order valence-corrected chi connectivity index (χ4v) is 4.12. The van der Waals surface area contributed by atoms with Gasteiger partial charge in [0.1, 0.15) is 5.75 Å². The molecule has 0 bridgehead atoms. The molecule has 0 radical (unpaired) electrons. The number of morpholine rings is 1. The van der Waals surface area contributed by atoms with Crippen molar-refractivity contribution in [3.8, 4) is 5.75 Å². The molecular formula is C18H23ClN2O3. The molecule has 3 fully saturated rings. The molecule has 0 aromatic heterocycles. The number of halogens is 1. The third-order valence-electron chi connectivity index (χ3n) is 5.40. The molecule has 2 heterocycles. The van der Waals surface area contributed by atoms with Gasteiger partial charge in [0.05, 0.1) is 31.9 Å². The maximum Gasteiger partial charge on any atom is 0.257 e. The summed E-state index contributed by atoms with van der Waals surface area (Å²) in [6, 6.07) is 6.03. The summed E-state index contributed by atoms with van der Waals surface area (Å²) in [6.07, 6.45) is 2.64. The van der Waals surface area contributed by atoms with Crippen molar-refractivity contribution >= 4 is 17.5 Å². The zero-order valence-corrected chi connectivity index (χ0v) is 14.7. The topological polar surface area (TPSA) is 42.0 Å². The highest BCUT2D eigenvalue weighted by Gasteiger charge is 2.43. The molecule has 5 nitrogen and oxygen atoms in total. The fourth-order valence-electron chi connectivity index (χ4n) is 3.96. The van der Waals surface area contributed by atoms with Crippen LogP contribution < -0.4 is 4.74 Å². The molecule has 0 N–H and O–H groups in total. The van der Waals surface area contributed by atoms with E-state index in [1.807, 2.05) is 4.90 Å². The van der Waals surface area contributed by atoms with Crippen LogP contribution in [0, 0.1) is 5.92 Å². The summed E-state index contributed by atoms with van der Waals surface area (Å²) in [4.78, 5) is 17.4. The molecule has 4 rings (SSSR count). The van der Waals surface area contributed by atoms with Gasteiger partial charge in [0.2, 0.25) is 0 Å². The van der Waals surface area contributed by atoms with Crippen LogP contribution in [-0.4, -0.2) is 67.7 Å². The van der Waals surface area contributed by atoms with E-state index in [1.54, 1.807) is 25.3 Å². The molecule has 1 aliphatic carbocycles. The summed E-state index contributed by atoms with van der Waals surface area (Å²) in [6.45, 7) is 3.96. The Hall–Kier alpha value is -1.30. The van der Waals surface area contributed by atoms with E-state index in [1.165, 1.54) is 12.8 Å². The largest absolute Gasteiger partial charge is 0.496 e. The highest BCUT2D eigenvalue weighted by atomic mass is 35.5. The van der Waals surface area contributed by atoms with Gasteiger partial charge in [-0.05, 0) is 37.0 Å². The predicted octanol–water partition coefficient (Wildman–Crippen LogP) is 2.28. The lowest BCUT2D eigenvalue weighted by atomic mass is 10.0. The summed E-state index contributed by atoms with van der Waals surface area (Å²) >= 11 is 6.00. The maximum atomic E-state index is 12.9. The van der Waals surface area contributed by atoms with Crippen LogP contribution in [0.25, 0.3) is 0 Å². The van der Waals surface area contributed by atoms with Gasteiger partial charge in [0, 0.05) is 30.7 Å². The lowest BCUT2D eigenvalue weighted by molar-refractivity contribution is -0.0816. The molecule has 2 atom stereocenters. The summed E-state index contributed by atoms with van der Waals surface area (Å²) in [5.74, 6) is 1.34. The minimum atomic E-state index is 0.0108. The van der Waals surface area contributed by atoms with Gasteiger partial charge in [-0.25, -0.2) is 0 Å². The van der Waals surface area contributed by atoms with Crippen molar-refractivity contribution in [3.63, 3.8) is 0 Å². The molecule has 0 unspecified atom stereocenters. The number of carbonyl (C=O) groups is 1. The first-order valence-electron chi connectivity index (χ1n) is 8.63. The summed E-state index contributed by atoms with van der Waals surface area (Å²) in [5, 5.41) is 0.571. The number of fused-ring (bicyclic) bond motifs is 1. The van der Waals surface area contributed by atoms with E-state index in [4.69, 9.17) is 21.1 Å². The molecular weight excluding hydrogens is 328 g/mol. The van der Waals surface area contributed by atoms with Crippen molar-refractivity contribution in [3.05, 3.63) is 28.8 Å². The molecule has 2 saturated heterocycles. The second-order valence-electron chi connectivity index (χ2n) is 6.93. The molecule has 2 aliphatic heterocycles. The average molecular weight is 351 g/mol. The van der Waals surface area contributed by atoms with Gasteiger partial charge < -0.3 is 14.4 Å². The Kier molecular flexibility index (Phi) is 4.41. The standard InChI is InChI=1S/C18H23ClN2O3/c1-23-17-8-13(19)4-5-15(17)18(22)20-6-7-21-14(9-20)10-24-11-16(21)12-2-3-12/h4-5,8,12,14,16H,2-3,6-7,9-11H2,1H3/t14-,16-/m1/s1. The number of carbonyl (C=O) groups excluding carboxylic acids is 1. The third kappa shape index (κ3) is 3.01. The van der Waals surface area contributed by atoms with Gasteiger partial charge in [-0.1, -0.05) is 11.6 Å². The van der Waals surface area contributed by atoms with Crippen LogP contribution in [0.2, 0.25) is 5.02 Å². The lowest BCUT2D eigenvalue weighted by Gasteiger charge is -2.48.